The molecule has 1 aliphatic rings. The summed E-state index contributed by atoms with van der Waals surface area (Å²) < 4.78 is 29.5. The summed E-state index contributed by atoms with van der Waals surface area (Å²) in [4.78, 5) is 26.6. The van der Waals surface area contributed by atoms with E-state index in [0.717, 1.165) is 0 Å². The van der Waals surface area contributed by atoms with Crippen LogP contribution in [0.15, 0.2) is 30.9 Å². The molecule has 1 fully saturated rings. The fourth-order valence-electron chi connectivity index (χ4n) is 3.27. The van der Waals surface area contributed by atoms with Gasteiger partial charge in [-0.1, -0.05) is 0 Å². The van der Waals surface area contributed by atoms with Crippen molar-refractivity contribution in [3.05, 3.63) is 48.1 Å². The molecule has 1 saturated heterocycles. The van der Waals surface area contributed by atoms with Gasteiger partial charge in [0.15, 0.2) is 11.5 Å². The maximum atomic E-state index is 14.1. The topological polar surface area (TPSA) is 87.5 Å². The van der Waals surface area contributed by atoms with Gasteiger partial charge in [0, 0.05) is 25.0 Å². The van der Waals surface area contributed by atoms with Gasteiger partial charge in [0.1, 0.15) is 17.7 Å². The number of nitrogens with one attached hydrogen (secondary N) is 2. The Morgan fingerprint density at radius 1 is 1.25 bits per heavy atom. The highest BCUT2D eigenvalue weighted by Gasteiger charge is 2.32. The Labute approximate surface area is 159 Å². The Morgan fingerprint density at radius 3 is 2.75 bits per heavy atom. The van der Waals surface area contributed by atoms with E-state index in [-0.39, 0.29) is 29.6 Å². The van der Waals surface area contributed by atoms with E-state index in [4.69, 9.17) is 0 Å². The minimum absolute atomic E-state index is 0.0761. The Morgan fingerprint density at radius 2 is 2.07 bits per heavy atom. The van der Waals surface area contributed by atoms with E-state index >= 15 is 0 Å². The van der Waals surface area contributed by atoms with E-state index < -0.39 is 17.9 Å². The number of hydrogen-bond donors (Lipinski definition) is 2. The number of pyridine rings is 1. The van der Waals surface area contributed by atoms with Crippen LogP contribution in [0.1, 0.15) is 16.2 Å². The van der Waals surface area contributed by atoms with Crippen molar-refractivity contribution >= 4 is 23.1 Å². The molecule has 4 heterocycles. The molecule has 4 rings (SSSR count). The third kappa shape index (κ3) is 3.38. The van der Waals surface area contributed by atoms with Gasteiger partial charge in [0.05, 0.1) is 36.4 Å². The molecule has 0 saturated carbocycles. The van der Waals surface area contributed by atoms with Crippen LogP contribution in [0.25, 0.3) is 5.65 Å². The summed E-state index contributed by atoms with van der Waals surface area (Å²) in [5, 5.41) is 5.52. The maximum absolute atomic E-state index is 14.1. The summed E-state index contributed by atoms with van der Waals surface area (Å²) in [5.41, 5.74) is 1.21. The predicted molar refractivity (Wildman–Crippen MR) is 99.8 cm³/mol. The van der Waals surface area contributed by atoms with Crippen LogP contribution in [-0.2, 0) is 0 Å². The van der Waals surface area contributed by atoms with Crippen molar-refractivity contribution in [2.24, 2.45) is 0 Å². The van der Waals surface area contributed by atoms with Crippen molar-refractivity contribution in [2.45, 2.75) is 19.1 Å². The molecule has 3 aromatic rings. The molecular formula is C18H19F2N7O. The van der Waals surface area contributed by atoms with Crippen LogP contribution in [0, 0.1) is 12.7 Å². The van der Waals surface area contributed by atoms with Crippen LogP contribution < -0.4 is 15.5 Å². The number of anilines is 2. The third-order valence-corrected chi connectivity index (χ3v) is 4.70. The summed E-state index contributed by atoms with van der Waals surface area (Å²) in [7, 11) is 1.71. The number of rotatable bonds is 4. The van der Waals surface area contributed by atoms with E-state index in [1.165, 1.54) is 22.9 Å². The third-order valence-electron chi connectivity index (χ3n) is 4.70. The molecule has 0 bridgehead atoms. The first-order valence-corrected chi connectivity index (χ1v) is 8.79. The smallest absolute Gasteiger partial charge is 0.275 e. The molecule has 1 amide bonds. The Kier molecular flexibility index (Phi) is 4.63. The van der Waals surface area contributed by atoms with Crippen LogP contribution in [0.4, 0.5) is 20.3 Å². The number of aryl methyl sites for hydroxylation is 1. The molecule has 3 aromatic heterocycles. The molecule has 0 radical (unpaired) electrons. The van der Waals surface area contributed by atoms with Gasteiger partial charge in [-0.3, -0.25) is 4.79 Å². The van der Waals surface area contributed by atoms with Crippen LogP contribution in [-0.4, -0.2) is 57.6 Å². The maximum Gasteiger partial charge on any atom is 0.275 e. The molecular weight excluding hydrogens is 368 g/mol. The van der Waals surface area contributed by atoms with Gasteiger partial charge in [0.2, 0.25) is 0 Å². The van der Waals surface area contributed by atoms with Crippen molar-refractivity contribution in [3.63, 3.8) is 0 Å². The number of fused-ring (bicyclic) bond motifs is 1. The predicted octanol–water partition coefficient (Wildman–Crippen LogP) is 1.57. The summed E-state index contributed by atoms with van der Waals surface area (Å²) >= 11 is 0. The number of likely N-dealkylation sites (N-methyl/N-ethyl adjacent to an activating group) is 1. The Balaban J connectivity index is 1.48. The molecule has 0 aromatic carbocycles. The molecule has 8 nitrogen and oxygen atoms in total. The normalized spacial score (nSPS) is 19.4. The average Bonchev–Trinajstić information content (AvgIpc) is 3.24. The zero-order valence-corrected chi connectivity index (χ0v) is 15.4. The van der Waals surface area contributed by atoms with Gasteiger partial charge in [0.25, 0.3) is 5.91 Å². The molecule has 0 unspecified atom stereocenters. The minimum Gasteiger partial charge on any atom is -0.351 e. The van der Waals surface area contributed by atoms with Crippen LogP contribution in [0.3, 0.4) is 0 Å². The summed E-state index contributed by atoms with van der Waals surface area (Å²) in [6.07, 6.45) is 4.99. The highest BCUT2D eigenvalue weighted by atomic mass is 19.1. The first kappa shape index (κ1) is 18.2. The fraction of sp³-hybridized carbons (Fsp3) is 0.333. The molecule has 1 aliphatic heterocycles. The van der Waals surface area contributed by atoms with Crippen LogP contribution >= 0.6 is 0 Å². The molecule has 0 spiro atoms. The van der Waals surface area contributed by atoms with Crippen LogP contribution in [0.5, 0.6) is 0 Å². The highest BCUT2D eigenvalue weighted by molar-refractivity contribution is 6.02. The first-order chi connectivity index (χ1) is 13.4. The van der Waals surface area contributed by atoms with E-state index in [1.807, 2.05) is 0 Å². The largest absolute Gasteiger partial charge is 0.351 e. The van der Waals surface area contributed by atoms with Gasteiger partial charge < -0.3 is 19.9 Å². The zero-order valence-electron chi connectivity index (χ0n) is 15.4. The second kappa shape index (κ2) is 7.12. The lowest BCUT2D eigenvalue weighted by Gasteiger charge is -2.16. The number of carbonyl (C=O) groups excluding carboxylic acids is 1. The number of aromatic nitrogens is 4. The SMILES string of the molecule is CN[C@@H]1CN(c2cnc(C(=O)Nc3cc(F)c4nc(C)cn4c3)cn2)C[C@@H]1F. The number of alkyl halides is 1. The summed E-state index contributed by atoms with van der Waals surface area (Å²) in [6.45, 7) is 2.45. The van der Waals surface area contributed by atoms with Gasteiger partial charge in [-0.25, -0.2) is 23.7 Å². The van der Waals surface area contributed by atoms with Crippen molar-refractivity contribution in [1.29, 1.82) is 0 Å². The van der Waals surface area contributed by atoms with Crippen molar-refractivity contribution < 1.29 is 13.6 Å². The quantitative estimate of drug-likeness (QED) is 0.707. The number of hydrogen-bond acceptors (Lipinski definition) is 6. The molecule has 0 aliphatic carbocycles. The molecule has 2 N–H and O–H groups in total. The highest BCUT2D eigenvalue weighted by Crippen LogP contribution is 2.20. The second-order valence-corrected chi connectivity index (χ2v) is 6.72. The average molecular weight is 387 g/mol. The first-order valence-electron chi connectivity index (χ1n) is 8.79. The van der Waals surface area contributed by atoms with E-state index in [9.17, 15) is 13.6 Å². The molecule has 2 atom stereocenters. The van der Waals surface area contributed by atoms with Crippen molar-refractivity contribution in [3.8, 4) is 0 Å². The molecule has 10 heteroatoms. The van der Waals surface area contributed by atoms with Gasteiger partial charge in [-0.15, -0.1) is 0 Å². The lowest BCUT2D eigenvalue weighted by atomic mass is 10.2. The molecule has 146 valence electrons. The summed E-state index contributed by atoms with van der Waals surface area (Å²) in [5.74, 6) is -0.563. The monoisotopic (exact) mass is 387 g/mol. The van der Waals surface area contributed by atoms with Gasteiger partial charge in [-0.05, 0) is 14.0 Å². The minimum atomic E-state index is -0.994. The Hall–Kier alpha value is -3.14. The van der Waals surface area contributed by atoms with E-state index in [1.54, 1.807) is 31.3 Å². The van der Waals surface area contributed by atoms with Gasteiger partial charge >= 0.3 is 0 Å². The number of imidazole rings is 1. The van der Waals surface area contributed by atoms with Crippen molar-refractivity contribution in [1.82, 2.24) is 24.7 Å². The number of carbonyl (C=O) groups is 1. The lowest BCUT2D eigenvalue weighted by Crippen LogP contribution is -2.34. The van der Waals surface area contributed by atoms with E-state index in [0.29, 0.717) is 18.1 Å². The van der Waals surface area contributed by atoms with Crippen molar-refractivity contribution in [2.75, 3.05) is 30.4 Å². The standard InChI is InChI=1S/C18H19F2N7O/c1-10-6-27-7-11(3-12(19)17(27)24-10)25-18(28)14-4-23-16(5-22-14)26-8-13(20)15(9-26)21-2/h3-7,13,15,21H,8-9H2,1-2H3,(H,25,28)/t13-,15+/m0/s1. The summed E-state index contributed by atoms with van der Waals surface area (Å²) in [6, 6.07) is 0.937. The van der Waals surface area contributed by atoms with Crippen LogP contribution in [0.2, 0.25) is 0 Å². The lowest BCUT2D eigenvalue weighted by molar-refractivity contribution is 0.102. The Bertz CT molecular complexity index is 1020. The number of halogens is 2. The zero-order chi connectivity index (χ0) is 19.8. The number of amides is 1. The molecule has 28 heavy (non-hydrogen) atoms. The second-order valence-electron chi connectivity index (χ2n) is 6.72. The fourth-order valence-corrected chi connectivity index (χ4v) is 3.27. The van der Waals surface area contributed by atoms with Gasteiger partial charge in [-0.2, -0.15) is 0 Å². The van der Waals surface area contributed by atoms with E-state index in [2.05, 4.69) is 25.6 Å². The number of nitrogens with zero attached hydrogens (tertiary/aromatic N) is 5.